The number of aryl methyl sites for hydroxylation is 2. The predicted octanol–water partition coefficient (Wildman–Crippen LogP) is 4.91. The number of carbonyl (C=O) groups is 2. The van der Waals surface area contributed by atoms with Crippen molar-refractivity contribution < 1.29 is 23.1 Å². The maximum Gasteiger partial charge on any atom is 0.263 e. The second-order valence-electron chi connectivity index (χ2n) is 11.4. The second-order valence-corrected chi connectivity index (χ2v) is 11.4. The van der Waals surface area contributed by atoms with Crippen LogP contribution < -0.4 is 15.2 Å². The van der Waals surface area contributed by atoms with E-state index in [2.05, 4.69) is 5.10 Å². The lowest BCUT2D eigenvalue weighted by molar-refractivity contribution is -0.133. The van der Waals surface area contributed by atoms with Crippen molar-refractivity contribution in [2.75, 3.05) is 18.1 Å². The monoisotopic (exact) mass is 632 g/mol. The fraction of sp³-hybridized carbons (Fsp3) is 0.382. The molecule has 0 fully saturated rings. The SMILES string of the molecule is CCOc1ccc(-n2c([C@@H](C)N(Cc3cc(C)nn3C)C(=O)Cc3ccc(F)c(CF)c3)nc3c(c2=O)CCCN3C(C)=O)cc1. The first-order valence-electron chi connectivity index (χ1n) is 15.3. The van der Waals surface area contributed by atoms with Gasteiger partial charge in [-0.2, -0.15) is 5.10 Å². The summed E-state index contributed by atoms with van der Waals surface area (Å²) in [5.41, 5.74) is 2.45. The largest absolute Gasteiger partial charge is 0.494 e. The summed E-state index contributed by atoms with van der Waals surface area (Å²) in [6.45, 7) is 6.96. The molecular formula is C34H38F2N6O4. The Bertz CT molecular complexity index is 1820. The lowest BCUT2D eigenvalue weighted by Gasteiger charge is -2.33. The van der Waals surface area contributed by atoms with Crippen LogP contribution in [0.4, 0.5) is 14.6 Å². The first-order chi connectivity index (χ1) is 22.0. The molecule has 2 amide bonds. The van der Waals surface area contributed by atoms with Crippen LogP contribution in [0.3, 0.4) is 0 Å². The number of benzene rings is 2. The molecule has 0 N–H and O–H groups in total. The molecule has 1 aliphatic heterocycles. The molecule has 0 spiro atoms. The van der Waals surface area contributed by atoms with Crippen molar-refractivity contribution in [3.05, 3.63) is 98.6 Å². The van der Waals surface area contributed by atoms with Crippen LogP contribution in [0.1, 0.15) is 67.1 Å². The van der Waals surface area contributed by atoms with Gasteiger partial charge in [-0.1, -0.05) is 6.07 Å². The minimum Gasteiger partial charge on any atom is -0.494 e. The van der Waals surface area contributed by atoms with E-state index >= 15 is 0 Å². The summed E-state index contributed by atoms with van der Waals surface area (Å²) >= 11 is 0. The molecule has 1 aliphatic rings. The van der Waals surface area contributed by atoms with Gasteiger partial charge >= 0.3 is 0 Å². The Kier molecular flexibility index (Phi) is 9.64. The van der Waals surface area contributed by atoms with Crippen LogP contribution in [0.5, 0.6) is 5.75 Å². The summed E-state index contributed by atoms with van der Waals surface area (Å²) < 4.78 is 36.3. The minimum atomic E-state index is -0.998. The van der Waals surface area contributed by atoms with E-state index in [0.29, 0.717) is 54.4 Å². The molecule has 4 aromatic rings. The van der Waals surface area contributed by atoms with Crippen molar-refractivity contribution in [3.63, 3.8) is 0 Å². The molecular weight excluding hydrogens is 594 g/mol. The number of anilines is 1. The molecule has 2 aromatic heterocycles. The Labute approximate surface area is 266 Å². The van der Waals surface area contributed by atoms with Gasteiger partial charge in [0.25, 0.3) is 5.56 Å². The van der Waals surface area contributed by atoms with Crippen LogP contribution >= 0.6 is 0 Å². The number of fused-ring (bicyclic) bond motifs is 1. The van der Waals surface area contributed by atoms with Crippen molar-refractivity contribution in [1.82, 2.24) is 24.2 Å². The molecule has 0 unspecified atom stereocenters. The first-order valence-corrected chi connectivity index (χ1v) is 15.3. The van der Waals surface area contributed by atoms with Crippen LogP contribution in [0.25, 0.3) is 5.69 Å². The molecule has 46 heavy (non-hydrogen) atoms. The van der Waals surface area contributed by atoms with Gasteiger partial charge in [-0.25, -0.2) is 13.8 Å². The molecule has 0 saturated carbocycles. The molecule has 0 saturated heterocycles. The molecule has 2 aromatic carbocycles. The van der Waals surface area contributed by atoms with Crippen molar-refractivity contribution in [3.8, 4) is 11.4 Å². The van der Waals surface area contributed by atoms with Crippen LogP contribution in [0.15, 0.2) is 53.3 Å². The molecule has 0 bridgehead atoms. The van der Waals surface area contributed by atoms with E-state index in [-0.39, 0.29) is 41.7 Å². The third-order valence-electron chi connectivity index (χ3n) is 8.23. The van der Waals surface area contributed by atoms with E-state index in [4.69, 9.17) is 9.72 Å². The molecule has 5 rings (SSSR count). The Balaban J connectivity index is 1.66. The van der Waals surface area contributed by atoms with E-state index in [0.717, 1.165) is 17.5 Å². The van der Waals surface area contributed by atoms with Gasteiger partial charge in [-0.15, -0.1) is 0 Å². The highest BCUT2D eigenvalue weighted by Gasteiger charge is 2.32. The maximum atomic E-state index is 14.3. The van der Waals surface area contributed by atoms with Crippen molar-refractivity contribution >= 4 is 17.6 Å². The van der Waals surface area contributed by atoms with Crippen LogP contribution in [-0.2, 0) is 42.7 Å². The summed E-state index contributed by atoms with van der Waals surface area (Å²) in [5.74, 6) is -0.0701. The lowest BCUT2D eigenvalue weighted by atomic mass is 10.0. The molecule has 242 valence electrons. The highest BCUT2D eigenvalue weighted by atomic mass is 19.1. The normalized spacial score (nSPS) is 13.3. The van der Waals surface area contributed by atoms with Gasteiger partial charge in [-0.05, 0) is 81.6 Å². The summed E-state index contributed by atoms with van der Waals surface area (Å²) in [7, 11) is 1.78. The number of ether oxygens (including phenoxy) is 1. The number of alkyl halides is 1. The number of amides is 2. The zero-order valence-electron chi connectivity index (χ0n) is 26.7. The van der Waals surface area contributed by atoms with Gasteiger partial charge < -0.3 is 9.64 Å². The average molecular weight is 633 g/mol. The van der Waals surface area contributed by atoms with Gasteiger partial charge in [0.15, 0.2) is 0 Å². The number of hydrogen-bond donors (Lipinski definition) is 0. The van der Waals surface area contributed by atoms with Gasteiger partial charge in [0.1, 0.15) is 29.9 Å². The topological polar surface area (TPSA) is 103 Å². The van der Waals surface area contributed by atoms with Crippen molar-refractivity contribution in [2.24, 2.45) is 7.05 Å². The van der Waals surface area contributed by atoms with Crippen LogP contribution in [-0.4, -0.2) is 49.2 Å². The summed E-state index contributed by atoms with van der Waals surface area (Å²) in [6.07, 6.45) is 0.923. The highest BCUT2D eigenvalue weighted by molar-refractivity contribution is 5.91. The molecule has 10 nitrogen and oxygen atoms in total. The number of aromatic nitrogens is 4. The first kappa shape index (κ1) is 32.5. The van der Waals surface area contributed by atoms with E-state index in [1.165, 1.54) is 28.5 Å². The quantitative estimate of drug-likeness (QED) is 0.246. The third-order valence-corrected chi connectivity index (χ3v) is 8.23. The molecule has 12 heteroatoms. The van der Waals surface area contributed by atoms with E-state index in [9.17, 15) is 23.2 Å². The molecule has 1 atom stereocenters. The van der Waals surface area contributed by atoms with E-state index in [1.807, 2.05) is 19.9 Å². The Morgan fingerprint density at radius 2 is 1.87 bits per heavy atom. The molecule has 0 aliphatic carbocycles. The van der Waals surface area contributed by atoms with Gasteiger partial charge in [0.05, 0.1) is 48.3 Å². The minimum absolute atomic E-state index is 0.112. The third kappa shape index (κ3) is 6.56. The number of carbonyl (C=O) groups excluding carboxylic acids is 2. The predicted molar refractivity (Wildman–Crippen MR) is 169 cm³/mol. The van der Waals surface area contributed by atoms with E-state index < -0.39 is 18.5 Å². The standard InChI is InChI=1S/C34H38F2N6O4/c1-6-46-28-12-10-26(11-13-28)42-32(37-33-29(34(42)45)8-7-15-40(33)23(4)43)22(3)41(20-27-16-21(2)38-39(27)5)31(44)18-24-9-14-30(36)25(17-24)19-35/h9-14,16-17,22H,6-8,15,18-20H2,1-5H3/t22-/m1/s1. The van der Waals surface area contributed by atoms with Crippen LogP contribution in [0.2, 0.25) is 0 Å². The Morgan fingerprint density at radius 3 is 2.50 bits per heavy atom. The average Bonchev–Trinajstić information content (AvgIpc) is 3.36. The highest BCUT2D eigenvalue weighted by Crippen LogP contribution is 2.30. The Morgan fingerprint density at radius 1 is 1.13 bits per heavy atom. The van der Waals surface area contributed by atoms with Crippen molar-refractivity contribution in [2.45, 2.75) is 66.2 Å². The van der Waals surface area contributed by atoms with Crippen LogP contribution in [0, 0.1) is 12.7 Å². The number of nitrogens with zero attached hydrogens (tertiary/aromatic N) is 6. The number of halogens is 2. The van der Waals surface area contributed by atoms with Crippen molar-refractivity contribution in [1.29, 1.82) is 0 Å². The van der Waals surface area contributed by atoms with Gasteiger partial charge in [0, 0.05) is 26.1 Å². The Hall–Kier alpha value is -4.87. The second kappa shape index (κ2) is 13.6. The maximum absolute atomic E-state index is 14.3. The number of hydrogen-bond acceptors (Lipinski definition) is 6. The van der Waals surface area contributed by atoms with Gasteiger partial charge in [0.2, 0.25) is 11.8 Å². The van der Waals surface area contributed by atoms with Gasteiger partial charge in [-0.3, -0.25) is 28.5 Å². The fourth-order valence-corrected chi connectivity index (χ4v) is 5.90. The summed E-state index contributed by atoms with van der Waals surface area (Å²) in [4.78, 5) is 49.1. The molecule has 0 radical (unpaired) electrons. The lowest BCUT2D eigenvalue weighted by Crippen LogP contribution is -2.42. The summed E-state index contributed by atoms with van der Waals surface area (Å²) in [5, 5.41) is 4.43. The zero-order chi connectivity index (χ0) is 33.1. The fourth-order valence-electron chi connectivity index (χ4n) is 5.90. The molecule has 3 heterocycles. The number of rotatable bonds is 10. The zero-order valence-corrected chi connectivity index (χ0v) is 26.7. The van der Waals surface area contributed by atoms with E-state index in [1.54, 1.807) is 47.8 Å². The smallest absolute Gasteiger partial charge is 0.263 e. The summed E-state index contributed by atoms with van der Waals surface area (Å²) in [6, 6.07) is 12.1.